The average molecular weight is 378 g/mol. The summed E-state index contributed by atoms with van der Waals surface area (Å²) in [6.45, 7) is 4.02. The lowest BCUT2D eigenvalue weighted by atomic mass is 10.2. The fraction of sp³-hybridized carbons (Fsp3) is 0.250. The molecule has 0 bridgehead atoms. The molecule has 1 fully saturated rings. The van der Waals surface area contributed by atoms with Crippen molar-refractivity contribution < 1.29 is 9.59 Å². The lowest BCUT2D eigenvalue weighted by molar-refractivity contribution is -0.132. The van der Waals surface area contributed by atoms with E-state index in [4.69, 9.17) is 0 Å². The second-order valence-electron chi connectivity index (χ2n) is 6.88. The number of anilines is 3. The van der Waals surface area contributed by atoms with Gasteiger partial charge in [0.25, 0.3) is 0 Å². The lowest BCUT2D eigenvalue weighted by Crippen LogP contribution is -2.44. The van der Waals surface area contributed by atoms with Crippen molar-refractivity contribution >= 4 is 39.9 Å². The summed E-state index contributed by atoms with van der Waals surface area (Å²) in [7, 11) is 2.12. The number of fused-ring (bicyclic) bond motifs is 1. The molecule has 1 saturated heterocycles. The number of rotatable bonds is 3. The summed E-state index contributed by atoms with van der Waals surface area (Å²) in [6, 6.07) is 12.8. The topological polar surface area (TPSA) is 93.4 Å². The van der Waals surface area contributed by atoms with Crippen LogP contribution in [-0.2, 0) is 9.59 Å². The first kappa shape index (κ1) is 18.0. The van der Waals surface area contributed by atoms with Crippen molar-refractivity contribution in [3.05, 3.63) is 48.8 Å². The maximum atomic E-state index is 12.2. The van der Waals surface area contributed by atoms with Crippen LogP contribution in [0, 0.1) is 0 Å². The van der Waals surface area contributed by atoms with E-state index < -0.39 is 11.8 Å². The summed E-state index contributed by atoms with van der Waals surface area (Å²) >= 11 is 0. The van der Waals surface area contributed by atoms with Crippen LogP contribution >= 0.6 is 0 Å². The summed E-state index contributed by atoms with van der Waals surface area (Å²) < 4.78 is 0. The van der Waals surface area contributed by atoms with Crippen LogP contribution in [0.4, 0.5) is 17.1 Å². The quantitative estimate of drug-likeness (QED) is 0.605. The minimum atomic E-state index is -0.720. The zero-order valence-corrected chi connectivity index (χ0v) is 15.6. The van der Waals surface area contributed by atoms with E-state index in [-0.39, 0.29) is 0 Å². The van der Waals surface area contributed by atoms with Gasteiger partial charge in [-0.1, -0.05) is 0 Å². The SMILES string of the molecule is CN1CCN(c2ccc(NC(=O)C(=O)Nc3ccc4nc[nH]c4c3)cc2)CC1. The van der Waals surface area contributed by atoms with E-state index in [0.717, 1.165) is 42.9 Å². The number of likely N-dealkylation sites (N-methyl/N-ethyl adjacent to an activating group) is 1. The molecule has 8 heteroatoms. The first-order valence-electron chi connectivity index (χ1n) is 9.17. The number of hydrogen-bond acceptors (Lipinski definition) is 5. The number of nitrogens with zero attached hydrogens (tertiary/aromatic N) is 3. The van der Waals surface area contributed by atoms with Crippen LogP contribution < -0.4 is 15.5 Å². The number of H-pyrrole nitrogens is 1. The highest BCUT2D eigenvalue weighted by Crippen LogP contribution is 2.20. The molecule has 0 spiro atoms. The number of aromatic amines is 1. The Morgan fingerprint density at radius 3 is 2.29 bits per heavy atom. The van der Waals surface area contributed by atoms with E-state index in [1.807, 2.05) is 24.3 Å². The third-order valence-corrected chi connectivity index (χ3v) is 4.88. The van der Waals surface area contributed by atoms with Crippen molar-refractivity contribution in [3.8, 4) is 0 Å². The van der Waals surface area contributed by atoms with E-state index in [1.54, 1.807) is 24.5 Å². The summed E-state index contributed by atoms with van der Waals surface area (Å²) in [5.41, 5.74) is 3.81. The van der Waals surface area contributed by atoms with Crippen LogP contribution in [0.3, 0.4) is 0 Å². The molecule has 3 aromatic rings. The normalized spacial score (nSPS) is 14.8. The van der Waals surface area contributed by atoms with E-state index in [2.05, 4.69) is 37.4 Å². The molecule has 0 radical (unpaired) electrons. The number of carbonyl (C=O) groups is 2. The van der Waals surface area contributed by atoms with Gasteiger partial charge in [-0.25, -0.2) is 4.98 Å². The number of piperazine rings is 1. The standard InChI is InChI=1S/C20H22N6O2/c1-25-8-10-26(11-9-25)16-5-2-14(3-6-16)23-19(27)20(28)24-15-4-7-17-18(12-15)22-13-21-17/h2-7,12-13H,8-11H2,1H3,(H,21,22)(H,23,27)(H,24,28). The van der Waals surface area contributed by atoms with E-state index in [9.17, 15) is 9.59 Å². The molecule has 2 amide bonds. The summed E-state index contributed by atoms with van der Waals surface area (Å²) in [6.07, 6.45) is 1.58. The Bertz CT molecular complexity index is 989. The maximum Gasteiger partial charge on any atom is 0.314 e. The van der Waals surface area contributed by atoms with Gasteiger partial charge >= 0.3 is 11.8 Å². The van der Waals surface area contributed by atoms with Crippen LogP contribution in [-0.4, -0.2) is 59.9 Å². The van der Waals surface area contributed by atoms with Gasteiger partial charge in [0.1, 0.15) is 0 Å². The van der Waals surface area contributed by atoms with E-state index in [1.165, 1.54) is 0 Å². The Morgan fingerprint density at radius 1 is 0.929 bits per heavy atom. The highest BCUT2D eigenvalue weighted by Gasteiger charge is 2.16. The smallest absolute Gasteiger partial charge is 0.314 e. The van der Waals surface area contributed by atoms with Gasteiger partial charge in [0.15, 0.2) is 0 Å². The molecule has 3 N–H and O–H groups in total. The maximum absolute atomic E-state index is 12.2. The first-order valence-corrected chi connectivity index (χ1v) is 9.17. The molecule has 0 atom stereocenters. The second-order valence-corrected chi connectivity index (χ2v) is 6.88. The highest BCUT2D eigenvalue weighted by molar-refractivity contribution is 6.43. The summed E-state index contributed by atoms with van der Waals surface area (Å²) in [5, 5.41) is 5.23. The Kier molecular flexibility index (Phi) is 4.94. The predicted molar refractivity (Wildman–Crippen MR) is 110 cm³/mol. The largest absolute Gasteiger partial charge is 0.369 e. The van der Waals surface area contributed by atoms with Gasteiger partial charge in [-0.2, -0.15) is 0 Å². The van der Waals surface area contributed by atoms with Gasteiger partial charge in [-0.3, -0.25) is 9.59 Å². The van der Waals surface area contributed by atoms with Crippen molar-refractivity contribution in [1.29, 1.82) is 0 Å². The van der Waals surface area contributed by atoms with Crippen molar-refractivity contribution in [2.45, 2.75) is 0 Å². The van der Waals surface area contributed by atoms with E-state index >= 15 is 0 Å². The molecule has 0 saturated carbocycles. The van der Waals surface area contributed by atoms with Gasteiger partial charge in [-0.05, 0) is 49.5 Å². The lowest BCUT2D eigenvalue weighted by Gasteiger charge is -2.34. The Labute approximate surface area is 162 Å². The Balaban J connectivity index is 1.35. The molecular formula is C20H22N6O2. The molecule has 144 valence electrons. The van der Waals surface area contributed by atoms with Crippen LogP contribution in [0.25, 0.3) is 11.0 Å². The summed E-state index contributed by atoms with van der Waals surface area (Å²) in [5.74, 6) is -1.43. The van der Waals surface area contributed by atoms with Gasteiger partial charge in [0.2, 0.25) is 0 Å². The van der Waals surface area contributed by atoms with Crippen molar-refractivity contribution in [2.75, 3.05) is 48.8 Å². The number of imidazole rings is 1. The van der Waals surface area contributed by atoms with Gasteiger partial charge < -0.3 is 25.4 Å². The fourth-order valence-electron chi connectivity index (χ4n) is 3.21. The Morgan fingerprint density at radius 2 is 1.57 bits per heavy atom. The molecule has 0 aliphatic carbocycles. The Hall–Kier alpha value is -3.39. The molecule has 4 rings (SSSR count). The van der Waals surface area contributed by atoms with Crippen LogP contribution in [0.5, 0.6) is 0 Å². The van der Waals surface area contributed by atoms with Gasteiger partial charge in [-0.15, -0.1) is 0 Å². The number of amides is 2. The number of nitrogens with one attached hydrogen (secondary N) is 3. The van der Waals surface area contributed by atoms with Crippen LogP contribution in [0.15, 0.2) is 48.8 Å². The molecule has 1 aliphatic heterocycles. The number of benzene rings is 2. The third-order valence-electron chi connectivity index (χ3n) is 4.88. The summed E-state index contributed by atoms with van der Waals surface area (Å²) in [4.78, 5) is 36.1. The zero-order valence-electron chi connectivity index (χ0n) is 15.6. The third kappa shape index (κ3) is 3.96. The molecular weight excluding hydrogens is 356 g/mol. The van der Waals surface area contributed by atoms with Gasteiger partial charge in [0, 0.05) is 43.2 Å². The molecule has 2 aromatic carbocycles. The minimum Gasteiger partial charge on any atom is -0.369 e. The first-order chi connectivity index (χ1) is 13.6. The van der Waals surface area contributed by atoms with Crippen LogP contribution in [0.1, 0.15) is 0 Å². The molecule has 28 heavy (non-hydrogen) atoms. The highest BCUT2D eigenvalue weighted by atomic mass is 16.2. The fourth-order valence-corrected chi connectivity index (χ4v) is 3.21. The molecule has 2 heterocycles. The number of aromatic nitrogens is 2. The monoisotopic (exact) mass is 378 g/mol. The molecule has 0 unspecified atom stereocenters. The van der Waals surface area contributed by atoms with Crippen LogP contribution in [0.2, 0.25) is 0 Å². The van der Waals surface area contributed by atoms with Crippen molar-refractivity contribution in [3.63, 3.8) is 0 Å². The average Bonchev–Trinajstić information content (AvgIpc) is 3.17. The minimum absolute atomic E-state index is 0.530. The van der Waals surface area contributed by atoms with E-state index in [0.29, 0.717) is 11.4 Å². The second kappa shape index (κ2) is 7.69. The number of carbonyl (C=O) groups excluding carboxylic acids is 2. The predicted octanol–water partition coefficient (Wildman–Crippen LogP) is 1.89. The molecule has 1 aliphatic rings. The molecule has 1 aromatic heterocycles. The molecule has 8 nitrogen and oxygen atoms in total. The van der Waals surface area contributed by atoms with Gasteiger partial charge in [0.05, 0.1) is 17.4 Å². The zero-order chi connectivity index (χ0) is 19.5. The van der Waals surface area contributed by atoms with Crippen molar-refractivity contribution in [1.82, 2.24) is 14.9 Å². The van der Waals surface area contributed by atoms with Crippen molar-refractivity contribution in [2.24, 2.45) is 0 Å². The number of hydrogen-bond donors (Lipinski definition) is 3.